The predicted molar refractivity (Wildman–Crippen MR) is 60.8 cm³/mol. The molecule has 2 N–H and O–H groups in total. The molecule has 0 bridgehead atoms. The molecule has 0 fully saturated rings. The lowest BCUT2D eigenvalue weighted by Crippen LogP contribution is -2.24. The molecular formula is C12H25NO. The van der Waals surface area contributed by atoms with E-state index in [1.807, 2.05) is 0 Å². The van der Waals surface area contributed by atoms with Crippen molar-refractivity contribution in [1.29, 1.82) is 0 Å². The SMILES string of the molecule is CC(C)CCC(CCC(C)C)C(N)=O. The molecule has 0 spiro atoms. The van der Waals surface area contributed by atoms with Crippen LogP contribution in [-0.2, 0) is 4.79 Å². The molecule has 0 aromatic rings. The molecule has 2 nitrogen and oxygen atoms in total. The van der Waals surface area contributed by atoms with Crippen LogP contribution in [0.2, 0.25) is 0 Å². The van der Waals surface area contributed by atoms with Gasteiger partial charge in [0.05, 0.1) is 0 Å². The van der Waals surface area contributed by atoms with Crippen molar-refractivity contribution >= 4 is 5.91 Å². The molecule has 14 heavy (non-hydrogen) atoms. The Bertz CT molecular complexity index is 152. The Hall–Kier alpha value is -0.530. The van der Waals surface area contributed by atoms with Gasteiger partial charge in [-0.2, -0.15) is 0 Å². The number of amides is 1. The minimum atomic E-state index is -0.119. The van der Waals surface area contributed by atoms with Crippen LogP contribution in [0.25, 0.3) is 0 Å². The van der Waals surface area contributed by atoms with Gasteiger partial charge in [0.15, 0.2) is 0 Å². The van der Waals surface area contributed by atoms with Crippen molar-refractivity contribution in [3.05, 3.63) is 0 Å². The third-order valence-electron chi connectivity index (χ3n) is 2.59. The van der Waals surface area contributed by atoms with E-state index in [4.69, 9.17) is 5.73 Å². The second-order valence-corrected chi connectivity index (χ2v) is 5.04. The van der Waals surface area contributed by atoms with Gasteiger partial charge in [-0.25, -0.2) is 0 Å². The molecule has 2 heteroatoms. The number of carbonyl (C=O) groups is 1. The highest BCUT2D eigenvalue weighted by atomic mass is 16.1. The van der Waals surface area contributed by atoms with Gasteiger partial charge in [-0.05, 0) is 24.7 Å². The van der Waals surface area contributed by atoms with Crippen molar-refractivity contribution in [1.82, 2.24) is 0 Å². The molecule has 0 aliphatic carbocycles. The molecule has 84 valence electrons. The quantitative estimate of drug-likeness (QED) is 0.673. The maximum absolute atomic E-state index is 11.1. The van der Waals surface area contributed by atoms with Gasteiger partial charge < -0.3 is 5.73 Å². The van der Waals surface area contributed by atoms with Crippen molar-refractivity contribution < 1.29 is 4.79 Å². The van der Waals surface area contributed by atoms with Crippen LogP contribution >= 0.6 is 0 Å². The zero-order chi connectivity index (χ0) is 11.1. The Morgan fingerprint density at radius 1 is 0.929 bits per heavy atom. The van der Waals surface area contributed by atoms with E-state index in [1.54, 1.807) is 0 Å². The third-order valence-corrected chi connectivity index (χ3v) is 2.59. The summed E-state index contributed by atoms with van der Waals surface area (Å²) < 4.78 is 0. The van der Waals surface area contributed by atoms with E-state index in [0.717, 1.165) is 25.7 Å². The van der Waals surface area contributed by atoms with E-state index in [1.165, 1.54) is 0 Å². The van der Waals surface area contributed by atoms with Gasteiger partial charge in [-0.1, -0.05) is 40.5 Å². The molecule has 0 unspecified atom stereocenters. The Morgan fingerprint density at radius 3 is 1.50 bits per heavy atom. The van der Waals surface area contributed by atoms with Crippen LogP contribution in [0.1, 0.15) is 53.4 Å². The highest BCUT2D eigenvalue weighted by molar-refractivity contribution is 5.76. The average molecular weight is 199 g/mol. The predicted octanol–water partition coefficient (Wildman–Crippen LogP) is 2.96. The first-order valence-corrected chi connectivity index (χ1v) is 5.72. The van der Waals surface area contributed by atoms with E-state index in [0.29, 0.717) is 11.8 Å². The second kappa shape index (κ2) is 6.86. The first-order valence-electron chi connectivity index (χ1n) is 5.72. The van der Waals surface area contributed by atoms with Crippen LogP contribution in [0.3, 0.4) is 0 Å². The van der Waals surface area contributed by atoms with Crippen LogP contribution in [0.15, 0.2) is 0 Å². The molecular weight excluding hydrogens is 174 g/mol. The molecule has 0 rings (SSSR count). The molecule has 0 radical (unpaired) electrons. The normalized spacial score (nSPS) is 11.6. The van der Waals surface area contributed by atoms with Crippen molar-refractivity contribution in [2.75, 3.05) is 0 Å². The molecule has 0 aliphatic rings. The minimum absolute atomic E-state index is 0.0970. The van der Waals surface area contributed by atoms with Crippen molar-refractivity contribution in [2.24, 2.45) is 23.5 Å². The van der Waals surface area contributed by atoms with Gasteiger partial charge in [0.1, 0.15) is 0 Å². The lowest BCUT2D eigenvalue weighted by atomic mass is 9.91. The topological polar surface area (TPSA) is 43.1 Å². The highest BCUT2D eigenvalue weighted by Crippen LogP contribution is 2.19. The summed E-state index contributed by atoms with van der Waals surface area (Å²) in [6, 6.07) is 0. The first kappa shape index (κ1) is 13.5. The standard InChI is InChI=1S/C12H25NO/c1-9(2)5-7-11(12(13)14)8-6-10(3)4/h9-11H,5-8H2,1-4H3,(H2,13,14). The summed E-state index contributed by atoms with van der Waals surface area (Å²) in [4.78, 5) is 11.1. The van der Waals surface area contributed by atoms with Crippen LogP contribution in [-0.4, -0.2) is 5.91 Å². The molecule has 0 saturated carbocycles. The van der Waals surface area contributed by atoms with Crippen molar-refractivity contribution in [3.8, 4) is 0 Å². The number of hydrogen-bond donors (Lipinski definition) is 1. The van der Waals surface area contributed by atoms with Crippen LogP contribution in [0.5, 0.6) is 0 Å². The number of rotatable bonds is 7. The summed E-state index contributed by atoms with van der Waals surface area (Å²) >= 11 is 0. The fourth-order valence-electron chi connectivity index (χ4n) is 1.50. The zero-order valence-corrected chi connectivity index (χ0v) is 10.0. The van der Waals surface area contributed by atoms with Gasteiger partial charge in [0.25, 0.3) is 0 Å². The van der Waals surface area contributed by atoms with Gasteiger partial charge in [0.2, 0.25) is 5.91 Å². The van der Waals surface area contributed by atoms with E-state index in [9.17, 15) is 4.79 Å². The number of hydrogen-bond acceptors (Lipinski definition) is 1. The monoisotopic (exact) mass is 199 g/mol. The largest absolute Gasteiger partial charge is 0.369 e. The van der Waals surface area contributed by atoms with E-state index >= 15 is 0 Å². The number of carbonyl (C=O) groups excluding carboxylic acids is 1. The summed E-state index contributed by atoms with van der Waals surface area (Å²) in [5.41, 5.74) is 5.37. The Kier molecular flexibility index (Phi) is 6.60. The fraction of sp³-hybridized carbons (Fsp3) is 0.917. The molecule has 0 saturated heterocycles. The Balaban J connectivity index is 3.84. The maximum atomic E-state index is 11.1. The summed E-state index contributed by atoms with van der Waals surface area (Å²) in [5.74, 6) is 1.30. The summed E-state index contributed by atoms with van der Waals surface area (Å²) in [6.45, 7) is 8.72. The fourth-order valence-corrected chi connectivity index (χ4v) is 1.50. The van der Waals surface area contributed by atoms with E-state index in [-0.39, 0.29) is 11.8 Å². The van der Waals surface area contributed by atoms with Crippen LogP contribution in [0, 0.1) is 17.8 Å². The second-order valence-electron chi connectivity index (χ2n) is 5.04. The number of nitrogens with two attached hydrogens (primary N) is 1. The summed E-state index contributed by atoms with van der Waals surface area (Å²) in [6.07, 6.45) is 4.12. The van der Waals surface area contributed by atoms with Gasteiger partial charge in [0, 0.05) is 5.92 Å². The first-order chi connectivity index (χ1) is 6.43. The molecule has 0 heterocycles. The van der Waals surface area contributed by atoms with Crippen molar-refractivity contribution in [2.45, 2.75) is 53.4 Å². The van der Waals surface area contributed by atoms with Crippen LogP contribution in [0.4, 0.5) is 0 Å². The Morgan fingerprint density at radius 2 is 1.29 bits per heavy atom. The average Bonchev–Trinajstić information content (AvgIpc) is 2.02. The smallest absolute Gasteiger partial charge is 0.220 e. The molecule has 0 aliphatic heterocycles. The third kappa shape index (κ3) is 6.93. The zero-order valence-electron chi connectivity index (χ0n) is 10.0. The summed E-state index contributed by atoms with van der Waals surface area (Å²) in [7, 11) is 0. The molecule has 0 atom stereocenters. The van der Waals surface area contributed by atoms with E-state index in [2.05, 4.69) is 27.7 Å². The molecule has 0 aromatic carbocycles. The maximum Gasteiger partial charge on any atom is 0.220 e. The molecule has 0 aromatic heterocycles. The van der Waals surface area contributed by atoms with Gasteiger partial charge in [-0.15, -0.1) is 0 Å². The van der Waals surface area contributed by atoms with Crippen LogP contribution < -0.4 is 5.73 Å². The minimum Gasteiger partial charge on any atom is -0.369 e. The van der Waals surface area contributed by atoms with E-state index < -0.39 is 0 Å². The highest BCUT2D eigenvalue weighted by Gasteiger charge is 2.15. The number of primary amides is 1. The van der Waals surface area contributed by atoms with Gasteiger partial charge >= 0.3 is 0 Å². The van der Waals surface area contributed by atoms with Gasteiger partial charge in [-0.3, -0.25) is 4.79 Å². The van der Waals surface area contributed by atoms with Crippen molar-refractivity contribution in [3.63, 3.8) is 0 Å². The Labute approximate surface area is 88.3 Å². The lowest BCUT2D eigenvalue weighted by molar-refractivity contribution is -0.122. The molecule has 1 amide bonds. The summed E-state index contributed by atoms with van der Waals surface area (Å²) in [5, 5.41) is 0. The lowest BCUT2D eigenvalue weighted by Gasteiger charge is -2.15.